The number of nitrogens with zero attached hydrogens (tertiary/aromatic N) is 1. The molecule has 0 aromatic heterocycles. The van der Waals surface area contributed by atoms with E-state index in [2.05, 4.69) is 5.32 Å². The first-order chi connectivity index (χ1) is 13.4. The van der Waals surface area contributed by atoms with Crippen molar-refractivity contribution in [1.82, 2.24) is 4.90 Å². The SMILES string of the molecule is CCN(CC)C(=O)c1ccc(NC(=O)Cc2cc(C(C)=O)ccc2OC)cc1. The Morgan fingerprint density at radius 3 is 2.11 bits per heavy atom. The normalized spacial score (nSPS) is 10.3. The van der Waals surface area contributed by atoms with Gasteiger partial charge in [0, 0.05) is 35.5 Å². The molecular weight excluding hydrogens is 356 g/mol. The lowest BCUT2D eigenvalue weighted by Crippen LogP contribution is -2.30. The molecule has 0 unspecified atom stereocenters. The van der Waals surface area contributed by atoms with Gasteiger partial charge < -0.3 is 15.0 Å². The third kappa shape index (κ3) is 5.19. The maximum atomic E-state index is 12.4. The predicted octanol–water partition coefficient (Wildman–Crippen LogP) is 3.56. The first-order valence-electron chi connectivity index (χ1n) is 9.26. The van der Waals surface area contributed by atoms with Gasteiger partial charge >= 0.3 is 0 Å². The summed E-state index contributed by atoms with van der Waals surface area (Å²) in [5.41, 5.74) is 2.35. The fourth-order valence-corrected chi connectivity index (χ4v) is 2.90. The highest BCUT2D eigenvalue weighted by Gasteiger charge is 2.14. The zero-order chi connectivity index (χ0) is 20.7. The summed E-state index contributed by atoms with van der Waals surface area (Å²) in [5.74, 6) is 0.216. The molecule has 6 heteroatoms. The number of ether oxygens (including phenoxy) is 1. The van der Waals surface area contributed by atoms with E-state index >= 15 is 0 Å². The van der Waals surface area contributed by atoms with Crippen molar-refractivity contribution in [2.24, 2.45) is 0 Å². The molecule has 0 saturated heterocycles. The van der Waals surface area contributed by atoms with E-state index < -0.39 is 0 Å². The minimum absolute atomic E-state index is 0.0336. The first-order valence-corrected chi connectivity index (χ1v) is 9.26. The molecule has 0 fully saturated rings. The van der Waals surface area contributed by atoms with Gasteiger partial charge in [-0.05, 0) is 63.2 Å². The van der Waals surface area contributed by atoms with E-state index in [9.17, 15) is 14.4 Å². The van der Waals surface area contributed by atoms with Crippen molar-refractivity contribution in [3.05, 3.63) is 59.2 Å². The third-order valence-corrected chi connectivity index (χ3v) is 4.50. The Hall–Kier alpha value is -3.15. The maximum absolute atomic E-state index is 12.4. The van der Waals surface area contributed by atoms with Gasteiger partial charge in [0.25, 0.3) is 5.91 Å². The third-order valence-electron chi connectivity index (χ3n) is 4.50. The van der Waals surface area contributed by atoms with Crippen LogP contribution in [0, 0.1) is 0 Å². The largest absolute Gasteiger partial charge is 0.496 e. The van der Waals surface area contributed by atoms with Crippen LogP contribution in [0.25, 0.3) is 0 Å². The zero-order valence-corrected chi connectivity index (χ0v) is 16.7. The molecule has 0 saturated carbocycles. The van der Waals surface area contributed by atoms with Crippen LogP contribution >= 0.6 is 0 Å². The van der Waals surface area contributed by atoms with Crippen LogP contribution in [0.2, 0.25) is 0 Å². The summed E-state index contributed by atoms with van der Waals surface area (Å²) >= 11 is 0. The Labute approximate surface area is 165 Å². The first kappa shape index (κ1) is 21.2. The lowest BCUT2D eigenvalue weighted by molar-refractivity contribution is -0.115. The van der Waals surface area contributed by atoms with Gasteiger partial charge in [0.1, 0.15) is 5.75 Å². The molecule has 2 aromatic rings. The quantitative estimate of drug-likeness (QED) is 0.709. The van der Waals surface area contributed by atoms with Crippen LogP contribution in [0.5, 0.6) is 5.75 Å². The number of Topliss-reactive ketones (excluding diaryl/α,β-unsaturated/α-hetero) is 1. The number of carbonyl (C=O) groups is 3. The molecule has 6 nitrogen and oxygen atoms in total. The molecule has 2 rings (SSSR count). The number of ketones is 1. The highest BCUT2D eigenvalue weighted by atomic mass is 16.5. The van der Waals surface area contributed by atoms with Crippen LogP contribution in [0.4, 0.5) is 5.69 Å². The van der Waals surface area contributed by atoms with Crippen LogP contribution in [0.3, 0.4) is 0 Å². The summed E-state index contributed by atoms with van der Waals surface area (Å²) in [4.78, 5) is 38.1. The molecule has 0 aliphatic carbocycles. The van der Waals surface area contributed by atoms with E-state index in [1.54, 1.807) is 47.4 Å². The Morgan fingerprint density at radius 1 is 0.964 bits per heavy atom. The number of benzene rings is 2. The van der Waals surface area contributed by atoms with Crippen LogP contribution in [-0.4, -0.2) is 42.7 Å². The Bertz CT molecular complexity index is 855. The van der Waals surface area contributed by atoms with Crippen molar-refractivity contribution in [3.8, 4) is 5.75 Å². The van der Waals surface area contributed by atoms with Gasteiger partial charge in [-0.25, -0.2) is 0 Å². The molecule has 0 atom stereocenters. The number of amides is 2. The molecule has 0 spiro atoms. The van der Waals surface area contributed by atoms with Crippen molar-refractivity contribution in [2.45, 2.75) is 27.2 Å². The minimum atomic E-state index is -0.234. The second-order valence-corrected chi connectivity index (χ2v) is 6.36. The highest BCUT2D eigenvalue weighted by Crippen LogP contribution is 2.21. The predicted molar refractivity (Wildman–Crippen MR) is 109 cm³/mol. The second-order valence-electron chi connectivity index (χ2n) is 6.36. The van der Waals surface area contributed by atoms with Gasteiger partial charge in [-0.3, -0.25) is 14.4 Å². The van der Waals surface area contributed by atoms with E-state index in [1.807, 2.05) is 13.8 Å². The molecular formula is C22H26N2O4. The molecule has 1 N–H and O–H groups in total. The van der Waals surface area contributed by atoms with Crippen LogP contribution in [0.15, 0.2) is 42.5 Å². The van der Waals surface area contributed by atoms with Gasteiger partial charge in [-0.1, -0.05) is 0 Å². The van der Waals surface area contributed by atoms with Crippen molar-refractivity contribution >= 4 is 23.3 Å². The molecule has 0 heterocycles. The number of nitrogens with one attached hydrogen (secondary N) is 1. The van der Waals surface area contributed by atoms with Crippen molar-refractivity contribution in [3.63, 3.8) is 0 Å². The van der Waals surface area contributed by atoms with Crippen molar-refractivity contribution < 1.29 is 19.1 Å². The van der Waals surface area contributed by atoms with Crippen LogP contribution in [-0.2, 0) is 11.2 Å². The fourth-order valence-electron chi connectivity index (χ4n) is 2.90. The number of methoxy groups -OCH3 is 1. The average molecular weight is 382 g/mol. The maximum Gasteiger partial charge on any atom is 0.253 e. The van der Waals surface area contributed by atoms with Crippen molar-refractivity contribution in [1.29, 1.82) is 0 Å². The molecule has 0 bridgehead atoms. The molecule has 2 amide bonds. The summed E-state index contributed by atoms with van der Waals surface area (Å²) < 4.78 is 5.28. The summed E-state index contributed by atoms with van der Waals surface area (Å²) in [5, 5.41) is 2.81. The Balaban J connectivity index is 2.08. The lowest BCUT2D eigenvalue weighted by Gasteiger charge is -2.18. The lowest BCUT2D eigenvalue weighted by atomic mass is 10.0. The van der Waals surface area contributed by atoms with E-state index in [1.165, 1.54) is 14.0 Å². The summed E-state index contributed by atoms with van der Waals surface area (Å²) in [6, 6.07) is 11.9. The van der Waals surface area contributed by atoms with Crippen LogP contribution < -0.4 is 10.1 Å². The minimum Gasteiger partial charge on any atom is -0.496 e. The van der Waals surface area contributed by atoms with Gasteiger partial charge in [0.05, 0.1) is 13.5 Å². The molecule has 0 aliphatic heterocycles. The van der Waals surface area contributed by atoms with E-state index in [4.69, 9.17) is 4.74 Å². The topological polar surface area (TPSA) is 75.7 Å². The highest BCUT2D eigenvalue weighted by molar-refractivity contribution is 5.97. The van der Waals surface area contributed by atoms with Gasteiger partial charge in [-0.2, -0.15) is 0 Å². The number of carbonyl (C=O) groups excluding carboxylic acids is 3. The van der Waals surface area contributed by atoms with Crippen LogP contribution in [0.1, 0.15) is 47.1 Å². The van der Waals surface area contributed by atoms with Gasteiger partial charge in [-0.15, -0.1) is 0 Å². The number of hydrogen-bond acceptors (Lipinski definition) is 4. The molecule has 0 radical (unpaired) electrons. The number of anilines is 1. The molecule has 28 heavy (non-hydrogen) atoms. The smallest absolute Gasteiger partial charge is 0.253 e. The van der Waals surface area contributed by atoms with E-state index in [0.717, 1.165) is 0 Å². The Morgan fingerprint density at radius 2 is 1.57 bits per heavy atom. The summed E-state index contributed by atoms with van der Waals surface area (Å²) in [6.45, 7) is 6.65. The van der Waals surface area contributed by atoms with E-state index in [0.29, 0.717) is 41.2 Å². The standard InChI is InChI=1S/C22H26N2O4/c1-5-24(6-2)22(27)16-7-10-19(11-8-16)23-21(26)14-18-13-17(15(3)25)9-12-20(18)28-4/h7-13H,5-6,14H2,1-4H3,(H,23,26). The molecule has 2 aromatic carbocycles. The fraction of sp³-hybridized carbons (Fsp3) is 0.318. The number of hydrogen-bond donors (Lipinski definition) is 1. The Kier molecular flexibility index (Phi) is 7.32. The van der Waals surface area contributed by atoms with Gasteiger partial charge in [0.2, 0.25) is 5.91 Å². The van der Waals surface area contributed by atoms with Crippen molar-refractivity contribution in [2.75, 3.05) is 25.5 Å². The van der Waals surface area contributed by atoms with Gasteiger partial charge in [0.15, 0.2) is 5.78 Å². The number of rotatable bonds is 8. The summed E-state index contributed by atoms with van der Waals surface area (Å²) in [6.07, 6.45) is 0.0738. The molecule has 148 valence electrons. The second kappa shape index (κ2) is 9.69. The monoisotopic (exact) mass is 382 g/mol. The average Bonchev–Trinajstić information content (AvgIpc) is 2.69. The molecule has 0 aliphatic rings. The van der Waals surface area contributed by atoms with E-state index in [-0.39, 0.29) is 24.0 Å². The summed E-state index contributed by atoms with van der Waals surface area (Å²) in [7, 11) is 1.52. The zero-order valence-electron chi connectivity index (χ0n) is 16.7.